The average molecular weight is 371 g/mol. The Morgan fingerprint density at radius 3 is 2.68 bits per heavy atom. The van der Waals surface area contributed by atoms with Gasteiger partial charge in [0.25, 0.3) is 0 Å². The van der Waals surface area contributed by atoms with E-state index in [1.54, 1.807) is 32.9 Å². The summed E-state index contributed by atoms with van der Waals surface area (Å²) in [5.74, 6) is 0. The van der Waals surface area contributed by atoms with Crippen LogP contribution in [0.25, 0.3) is 10.2 Å². The van der Waals surface area contributed by atoms with Crippen molar-refractivity contribution in [3.63, 3.8) is 0 Å². The highest BCUT2D eigenvalue weighted by Crippen LogP contribution is 2.33. The van der Waals surface area contributed by atoms with E-state index in [1.807, 2.05) is 43.4 Å². The first kappa shape index (κ1) is 16.2. The smallest absolute Gasteiger partial charge is 0.327 e. The van der Waals surface area contributed by atoms with Crippen molar-refractivity contribution in [2.24, 2.45) is 0 Å². The predicted molar refractivity (Wildman–Crippen MR) is 106 cm³/mol. The number of urea groups is 1. The van der Waals surface area contributed by atoms with Crippen molar-refractivity contribution in [1.29, 1.82) is 0 Å². The number of benzene rings is 2. The summed E-state index contributed by atoms with van der Waals surface area (Å²) < 4.78 is 1.09. The van der Waals surface area contributed by atoms with E-state index in [0.29, 0.717) is 6.54 Å². The molecule has 5 nitrogen and oxygen atoms in total. The molecule has 1 unspecified atom stereocenters. The number of likely N-dealkylation sites (N-methyl/N-ethyl adjacent to an activating group) is 1. The van der Waals surface area contributed by atoms with Gasteiger partial charge < -0.3 is 10.2 Å². The zero-order valence-corrected chi connectivity index (χ0v) is 15.6. The molecule has 1 fully saturated rings. The molecular weight excluding hydrogens is 352 g/mol. The number of carbonyl (C=O) groups excluding carboxylic acids is 1. The van der Waals surface area contributed by atoms with Crippen molar-refractivity contribution in [3.8, 4) is 0 Å². The summed E-state index contributed by atoms with van der Waals surface area (Å²) in [5.41, 5.74) is 1.92. The van der Waals surface area contributed by atoms with Crippen LogP contribution >= 0.6 is 23.1 Å². The number of anilines is 2. The molecule has 0 saturated carbocycles. The quantitative estimate of drug-likeness (QED) is 0.695. The molecule has 0 spiro atoms. The van der Waals surface area contributed by atoms with Gasteiger partial charge in [0.2, 0.25) is 0 Å². The topological polar surface area (TPSA) is 48.5 Å². The fourth-order valence-electron chi connectivity index (χ4n) is 2.90. The van der Waals surface area contributed by atoms with Crippen LogP contribution in [0, 0.1) is 0 Å². The Morgan fingerprint density at radius 2 is 1.96 bits per heavy atom. The van der Waals surface area contributed by atoms with Crippen LogP contribution in [0.4, 0.5) is 15.6 Å². The number of thiazole rings is 1. The number of amides is 2. The minimum Gasteiger partial charge on any atom is -0.363 e. The van der Waals surface area contributed by atoms with Gasteiger partial charge in [-0.25, -0.2) is 14.7 Å². The first-order valence-corrected chi connectivity index (χ1v) is 10.0. The predicted octanol–water partition coefficient (Wildman–Crippen LogP) is 4.33. The molecule has 0 radical (unpaired) electrons. The maximum absolute atomic E-state index is 12.7. The van der Waals surface area contributed by atoms with Crippen molar-refractivity contribution in [1.82, 2.24) is 9.88 Å². The Balaban J connectivity index is 1.64. The van der Waals surface area contributed by atoms with Crippen LogP contribution in [0.2, 0.25) is 0 Å². The Morgan fingerprint density at radius 1 is 1.20 bits per heavy atom. The van der Waals surface area contributed by atoms with Gasteiger partial charge in [0, 0.05) is 17.6 Å². The number of rotatable bonds is 4. The van der Waals surface area contributed by atoms with E-state index >= 15 is 0 Å². The summed E-state index contributed by atoms with van der Waals surface area (Å²) >= 11 is 3.26. The van der Waals surface area contributed by atoms with Crippen molar-refractivity contribution in [3.05, 3.63) is 48.5 Å². The summed E-state index contributed by atoms with van der Waals surface area (Å²) in [6, 6.07) is 16.2. The molecule has 128 valence electrons. The molecule has 4 rings (SSSR count). The lowest BCUT2D eigenvalue weighted by molar-refractivity contribution is 0.229. The van der Waals surface area contributed by atoms with E-state index < -0.39 is 0 Å². The van der Waals surface area contributed by atoms with E-state index in [4.69, 9.17) is 0 Å². The van der Waals surface area contributed by atoms with E-state index in [2.05, 4.69) is 28.7 Å². The molecule has 2 aromatic carbocycles. The van der Waals surface area contributed by atoms with Gasteiger partial charge in [-0.1, -0.05) is 23.5 Å². The lowest BCUT2D eigenvalue weighted by atomic mass is 10.3. The number of fused-ring (bicyclic) bond motifs is 1. The van der Waals surface area contributed by atoms with Crippen molar-refractivity contribution in [2.45, 2.75) is 11.1 Å². The molecule has 25 heavy (non-hydrogen) atoms. The number of hydrogen-bond donors (Lipinski definition) is 1. The van der Waals surface area contributed by atoms with Crippen LogP contribution in [-0.2, 0) is 0 Å². The number of carbonyl (C=O) groups is 1. The number of hydrogen-bond acceptors (Lipinski definition) is 5. The fourth-order valence-corrected chi connectivity index (χ4v) is 4.32. The normalized spacial score (nSPS) is 17.5. The molecule has 0 aliphatic carbocycles. The molecule has 1 N–H and O–H groups in total. The zero-order valence-electron chi connectivity index (χ0n) is 14.0. The van der Waals surface area contributed by atoms with Crippen LogP contribution in [0.3, 0.4) is 0 Å². The van der Waals surface area contributed by atoms with Gasteiger partial charge in [-0.2, -0.15) is 0 Å². The monoisotopic (exact) mass is 370 g/mol. The highest BCUT2D eigenvalue weighted by atomic mass is 32.2. The zero-order chi connectivity index (χ0) is 17.4. The van der Waals surface area contributed by atoms with Gasteiger partial charge in [-0.3, -0.25) is 0 Å². The number of nitrogens with zero attached hydrogens (tertiary/aromatic N) is 3. The highest BCUT2D eigenvalue weighted by Gasteiger charge is 2.38. The standard InChI is InChI=1S/C18H18N4OS2/c1-21-11-16(19-12-7-9-13(24-2)10-8-12)22(18(21)23)17-20-14-5-3-4-6-15(14)25-17/h3-10,16,19H,11H2,1-2H3. The fraction of sp³-hybridized carbons (Fsp3) is 0.222. The molecule has 1 atom stereocenters. The Kier molecular flexibility index (Phi) is 4.27. The summed E-state index contributed by atoms with van der Waals surface area (Å²) in [6.45, 7) is 0.610. The van der Waals surface area contributed by atoms with Gasteiger partial charge in [0.15, 0.2) is 5.13 Å². The number of nitrogens with one attached hydrogen (secondary N) is 1. The summed E-state index contributed by atoms with van der Waals surface area (Å²) in [6.07, 6.45) is 1.92. The van der Waals surface area contributed by atoms with E-state index in [9.17, 15) is 4.79 Å². The lowest BCUT2D eigenvalue weighted by Crippen LogP contribution is -2.39. The van der Waals surface area contributed by atoms with E-state index in [1.165, 1.54) is 4.90 Å². The second-order valence-corrected chi connectivity index (χ2v) is 7.77. The molecule has 3 aromatic rings. The minimum absolute atomic E-state index is 0.0303. The summed E-state index contributed by atoms with van der Waals surface area (Å²) in [4.78, 5) is 22.0. The minimum atomic E-state index is -0.141. The molecule has 2 heterocycles. The Bertz CT molecular complexity index is 876. The first-order chi connectivity index (χ1) is 12.2. The molecule has 1 saturated heterocycles. The summed E-state index contributed by atoms with van der Waals surface area (Å²) in [7, 11) is 1.82. The second kappa shape index (κ2) is 6.57. The molecule has 1 aliphatic rings. The van der Waals surface area contributed by atoms with Crippen LogP contribution in [0.1, 0.15) is 0 Å². The average Bonchev–Trinajstić information content (AvgIpc) is 3.16. The third kappa shape index (κ3) is 3.05. The molecule has 2 amide bonds. The number of thioether (sulfide) groups is 1. The van der Waals surface area contributed by atoms with Gasteiger partial charge in [0.05, 0.1) is 16.8 Å². The Hall–Kier alpha value is -2.25. The highest BCUT2D eigenvalue weighted by molar-refractivity contribution is 7.98. The third-order valence-corrected chi connectivity index (χ3v) is 5.98. The maximum atomic E-state index is 12.7. The van der Waals surface area contributed by atoms with Gasteiger partial charge in [-0.05, 0) is 42.7 Å². The van der Waals surface area contributed by atoms with Gasteiger partial charge in [0.1, 0.15) is 6.17 Å². The third-order valence-electron chi connectivity index (χ3n) is 4.20. The van der Waals surface area contributed by atoms with Crippen molar-refractivity contribution in [2.75, 3.05) is 30.1 Å². The van der Waals surface area contributed by atoms with Crippen LogP contribution in [0.15, 0.2) is 53.4 Å². The van der Waals surface area contributed by atoms with Crippen LogP contribution in [0.5, 0.6) is 0 Å². The first-order valence-electron chi connectivity index (χ1n) is 7.96. The molecule has 0 bridgehead atoms. The molecule has 7 heteroatoms. The number of para-hydroxylation sites is 1. The largest absolute Gasteiger partial charge is 0.363 e. The van der Waals surface area contributed by atoms with Crippen molar-refractivity contribution >= 4 is 50.2 Å². The van der Waals surface area contributed by atoms with Crippen LogP contribution < -0.4 is 10.2 Å². The van der Waals surface area contributed by atoms with E-state index in [-0.39, 0.29) is 12.2 Å². The maximum Gasteiger partial charge on any atom is 0.327 e. The summed E-state index contributed by atoms with van der Waals surface area (Å²) in [5, 5.41) is 4.20. The SMILES string of the molecule is CSc1ccc(NC2CN(C)C(=O)N2c2nc3ccccc3s2)cc1. The van der Waals surface area contributed by atoms with Crippen LogP contribution in [-0.4, -0.2) is 41.9 Å². The lowest BCUT2D eigenvalue weighted by Gasteiger charge is -2.22. The second-order valence-electron chi connectivity index (χ2n) is 5.89. The van der Waals surface area contributed by atoms with Gasteiger partial charge >= 0.3 is 6.03 Å². The van der Waals surface area contributed by atoms with Crippen molar-refractivity contribution < 1.29 is 4.79 Å². The number of aromatic nitrogens is 1. The molecule has 1 aliphatic heterocycles. The van der Waals surface area contributed by atoms with Gasteiger partial charge in [-0.15, -0.1) is 11.8 Å². The van der Waals surface area contributed by atoms with E-state index in [0.717, 1.165) is 21.0 Å². The molecular formula is C18H18N4OS2. The Labute approximate surface area is 154 Å². The molecule has 1 aromatic heterocycles.